The average Bonchev–Trinajstić information content (AvgIpc) is 2.39. The third-order valence-electron chi connectivity index (χ3n) is 2.86. The Labute approximate surface area is 110 Å². The second-order valence-corrected chi connectivity index (χ2v) is 4.50. The lowest BCUT2D eigenvalue weighted by Gasteiger charge is -2.25. The second kappa shape index (κ2) is 11.4. The Morgan fingerprint density at radius 1 is 0.889 bits per heavy atom. The molecule has 0 radical (unpaired) electrons. The molecule has 0 unspecified atom stereocenters. The summed E-state index contributed by atoms with van der Waals surface area (Å²) in [5.74, 6) is 0.00826. The number of carbonyl (C=O) groups excluding carboxylic acids is 1. The number of nitrogens with zero attached hydrogens (tertiary/aromatic N) is 1. The zero-order valence-corrected chi connectivity index (χ0v) is 11.3. The highest BCUT2D eigenvalue weighted by Gasteiger charge is 2.19. The first-order valence-electron chi connectivity index (χ1n) is 6.82. The van der Waals surface area contributed by atoms with Crippen LogP contribution < -0.4 is 22.9 Å². The van der Waals surface area contributed by atoms with Gasteiger partial charge < -0.3 is 27.8 Å². The predicted octanol–water partition coefficient (Wildman–Crippen LogP) is -1.03. The highest BCUT2D eigenvalue weighted by Crippen LogP contribution is 2.03. The van der Waals surface area contributed by atoms with Gasteiger partial charge >= 0.3 is 0 Å². The molecule has 0 aromatic heterocycles. The molecule has 18 heavy (non-hydrogen) atoms. The molecular weight excluding hydrogens is 230 g/mol. The van der Waals surface area contributed by atoms with E-state index in [-0.39, 0.29) is 5.91 Å². The molecule has 6 nitrogen and oxygen atoms in total. The van der Waals surface area contributed by atoms with Gasteiger partial charge in [0, 0.05) is 13.1 Å². The van der Waals surface area contributed by atoms with E-state index in [2.05, 4.69) is 0 Å². The molecule has 0 saturated heterocycles. The Bertz CT molecular complexity index is 213. The number of unbranched alkanes of at least 4 members (excludes halogenated alkanes) is 1. The molecule has 0 fully saturated rings. The van der Waals surface area contributed by atoms with Crippen LogP contribution in [-0.4, -0.2) is 49.6 Å². The molecule has 0 heterocycles. The SMILES string of the molecule is NCCCCN(CCCN)C(=O)[C@@H](N)CCCN. The Hall–Kier alpha value is -0.690. The van der Waals surface area contributed by atoms with Crippen LogP contribution in [0.1, 0.15) is 32.1 Å². The van der Waals surface area contributed by atoms with Crippen LogP contribution in [0.2, 0.25) is 0 Å². The quantitative estimate of drug-likeness (QED) is 0.353. The van der Waals surface area contributed by atoms with E-state index in [0.29, 0.717) is 39.1 Å². The van der Waals surface area contributed by atoms with Crippen LogP contribution in [0.15, 0.2) is 0 Å². The minimum Gasteiger partial charge on any atom is -0.341 e. The standard InChI is InChI=1S/C12H29N5O/c13-6-1-2-9-17(10-4-8-15)12(18)11(16)5-3-7-14/h11H,1-10,13-16H2/t11-/m0/s1. The summed E-state index contributed by atoms with van der Waals surface area (Å²) in [6.07, 6.45) is 4.06. The molecule has 0 aliphatic carbocycles. The normalized spacial score (nSPS) is 12.4. The van der Waals surface area contributed by atoms with Gasteiger partial charge in [-0.05, 0) is 51.7 Å². The van der Waals surface area contributed by atoms with Gasteiger partial charge in [0.05, 0.1) is 6.04 Å². The lowest BCUT2D eigenvalue weighted by Crippen LogP contribution is -2.45. The third kappa shape index (κ3) is 7.60. The van der Waals surface area contributed by atoms with Crippen molar-refractivity contribution in [1.29, 1.82) is 0 Å². The van der Waals surface area contributed by atoms with Crippen LogP contribution in [-0.2, 0) is 4.79 Å². The van der Waals surface area contributed by atoms with Crippen molar-refractivity contribution in [3.05, 3.63) is 0 Å². The summed E-state index contributed by atoms with van der Waals surface area (Å²) in [6, 6.07) is -0.441. The first kappa shape index (κ1) is 17.3. The molecule has 0 aromatic rings. The van der Waals surface area contributed by atoms with E-state index in [4.69, 9.17) is 22.9 Å². The van der Waals surface area contributed by atoms with Crippen molar-refractivity contribution >= 4 is 5.91 Å². The number of hydrogen-bond acceptors (Lipinski definition) is 5. The molecule has 0 aliphatic heterocycles. The number of rotatable bonds is 11. The van der Waals surface area contributed by atoms with Crippen molar-refractivity contribution in [1.82, 2.24) is 4.90 Å². The summed E-state index contributed by atoms with van der Waals surface area (Å²) in [7, 11) is 0. The van der Waals surface area contributed by atoms with Crippen LogP contribution in [0.25, 0.3) is 0 Å². The largest absolute Gasteiger partial charge is 0.341 e. The molecule has 8 N–H and O–H groups in total. The number of hydrogen-bond donors (Lipinski definition) is 4. The van der Waals surface area contributed by atoms with Crippen molar-refractivity contribution in [2.24, 2.45) is 22.9 Å². The van der Waals surface area contributed by atoms with Gasteiger partial charge in [0.1, 0.15) is 0 Å². The third-order valence-corrected chi connectivity index (χ3v) is 2.86. The summed E-state index contributed by atoms with van der Waals surface area (Å²) in [5.41, 5.74) is 22.2. The molecule has 0 rings (SSSR count). The molecular formula is C12H29N5O. The van der Waals surface area contributed by atoms with Crippen molar-refractivity contribution in [3.63, 3.8) is 0 Å². The van der Waals surface area contributed by atoms with E-state index in [1.165, 1.54) is 0 Å². The van der Waals surface area contributed by atoms with E-state index in [1.807, 2.05) is 4.90 Å². The van der Waals surface area contributed by atoms with Crippen molar-refractivity contribution < 1.29 is 4.79 Å². The van der Waals surface area contributed by atoms with Gasteiger partial charge in [-0.1, -0.05) is 0 Å². The minimum absolute atomic E-state index is 0.00826. The molecule has 108 valence electrons. The van der Waals surface area contributed by atoms with Gasteiger partial charge in [-0.3, -0.25) is 4.79 Å². The van der Waals surface area contributed by atoms with Crippen LogP contribution in [0.5, 0.6) is 0 Å². The number of carbonyl (C=O) groups is 1. The van der Waals surface area contributed by atoms with E-state index in [0.717, 1.165) is 25.7 Å². The van der Waals surface area contributed by atoms with Gasteiger partial charge in [0.25, 0.3) is 0 Å². The highest BCUT2D eigenvalue weighted by atomic mass is 16.2. The Morgan fingerprint density at radius 2 is 1.44 bits per heavy atom. The molecule has 0 bridgehead atoms. The minimum atomic E-state index is -0.441. The zero-order valence-electron chi connectivity index (χ0n) is 11.3. The molecule has 0 aliphatic rings. The molecule has 0 spiro atoms. The smallest absolute Gasteiger partial charge is 0.239 e. The van der Waals surface area contributed by atoms with Gasteiger partial charge in [-0.2, -0.15) is 0 Å². The number of amides is 1. The Morgan fingerprint density at radius 3 is 2.00 bits per heavy atom. The lowest BCUT2D eigenvalue weighted by atomic mass is 10.1. The zero-order chi connectivity index (χ0) is 13.8. The Kier molecular flexibility index (Phi) is 11.0. The summed E-state index contributed by atoms with van der Waals surface area (Å²) in [5, 5.41) is 0. The molecule has 6 heteroatoms. The fourth-order valence-electron chi connectivity index (χ4n) is 1.76. The van der Waals surface area contributed by atoms with E-state index in [9.17, 15) is 4.79 Å². The maximum absolute atomic E-state index is 12.1. The van der Waals surface area contributed by atoms with Gasteiger partial charge in [0.15, 0.2) is 0 Å². The van der Waals surface area contributed by atoms with E-state index < -0.39 is 6.04 Å². The Balaban J connectivity index is 4.19. The van der Waals surface area contributed by atoms with Crippen LogP contribution in [0.4, 0.5) is 0 Å². The van der Waals surface area contributed by atoms with Crippen LogP contribution in [0.3, 0.4) is 0 Å². The van der Waals surface area contributed by atoms with Crippen molar-refractivity contribution in [2.45, 2.75) is 38.1 Å². The summed E-state index contributed by atoms with van der Waals surface area (Å²) >= 11 is 0. The van der Waals surface area contributed by atoms with Crippen molar-refractivity contribution in [2.75, 3.05) is 32.7 Å². The fourth-order valence-corrected chi connectivity index (χ4v) is 1.76. The maximum atomic E-state index is 12.1. The maximum Gasteiger partial charge on any atom is 0.239 e. The number of nitrogens with two attached hydrogens (primary N) is 4. The summed E-state index contributed by atoms with van der Waals surface area (Å²) in [6.45, 7) is 3.19. The predicted molar refractivity (Wildman–Crippen MR) is 74.8 cm³/mol. The van der Waals surface area contributed by atoms with E-state index in [1.54, 1.807) is 0 Å². The lowest BCUT2D eigenvalue weighted by molar-refractivity contribution is -0.132. The summed E-state index contributed by atoms with van der Waals surface area (Å²) in [4.78, 5) is 13.9. The van der Waals surface area contributed by atoms with Gasteiger partial charge in [0.2, 0.25) is 5.91 Å². The topological polar surface area (TPSA) is 124 Å². The highest BCUT2D eigenvalue weighted by molar-refractivity contribution is 5.81. The molecule has 1 atom stereocenters. The molecule has 0 saturated carbocycles. The van der Waals surface area contributed by atoms with E-state index >= 15 is 0 Å². The monoisotopic (exact) mass is 259 g/mol. The molecule has 1 amide bonds. The van der Waals surface area contributed by atoms with Gasteiger partial charge in [-0.25, -0.2) is 0 Å². The van der Waals surface area contributed by atoms with Gasteiger partial charge in [-0.15, -0.1) is 0 Å². The molecule has 0 aromatic carbocycles. The van der Waals surface area contributed by atoms with Crippen LogP contribution in [0, 0.1) is 0 Å². The first-order chi connectivity index (χ1) is 8.67. The van der Waals surface area contributed by atoms with Crippen LogP contribution >= 0.6 is 0 Å². The fraction of sp³-hybridized carbons (Fsp3) is 0.917. The average molecular weight is 259 g/mol. The first-order valence-corrected chi connectivity index (χ1v) is 6.82. The second-order valence-electron chi connectivity index (χ2n) is 4.50. The summed E-state index contributed by atoms with van der Waals surface area (Å²) < 4.78 is 0. The van der Waals surface area contributed by atoms with Crippen molar-refractivity contribution in [3.8, 4) is 0 Å².